The molecule has 1 heterocycles. The van der Waals surface area contributed by atoms with Crippen molar-refractivity contribution in [1.82, 2.24) is 9.88 Å². The highest BCUT2D eigenvalue weighted by Gasteiger charge is 2.21. The maximum atomic E-state index is 12.8. The summed E-state index contributed by atoms with van der Waals surface area (Å²) in [5.74, 6) is 0.852. The number of hydrogen-bond donors (Lipinski definition) is 1. The Kier molecular flexibility index (Phi) is 5.62. The number of ether oxygens (including phenoxy) is 1. The lowest BCUT2D eigenvalue weighted by atomic mass is 10.0. The molecule has 0 unspecified atom stereocenters. The van der Waals surface area contributed by atoms with Crippen LogP contribution in [-0.4, -0.2) is 27.2 Å². The van der Waals surface area contributed by atoms with Gasteiger partial charge in [-0.2, -0.15) is 0 Å². The average Bonchev–Trinajstić information content (AvgIpc) is 3.12. The van der Waals surface area contributed by atoms with E-state index in [4.69, 9.17) is 9.26 Å². The van der Waals surface area contributed by atoms with Gasteiger partial charge in [0.25, 0.3) is 0 Å². The highest BCUT2D eigenvalue weighted by Crippen LogP contribution is 2.30. The monoisotopic (exact) mass is 386 g/mol. The van der Waals surface area contributed by atoms with E-state index in [-0.39, 0.29) is 16.6 Å². The fourth-order valence-electron chi connectivity index (χ4n) is 2.75. The van der Waals surface area contributed by atoms with E-state index in [2.05, 4.69) is 9.88 Å². The topological polar surface area (TPSA) is 81.4 Å². The maximum absolute atomic E-state index is 12.8. The van der Waals surface area contributed by atoms with Crippen LogP contribution in [0.3, 0.4) is 0 Å². The molecule has 0 amide bonds. The fraction of sp³-hybridized carbons (Fsp3) is 0.250. The van der Waals surface area contributed by atoms with E-state index < -0.39 is 10.0 Å². The highest BCUT2D eigenvalue weighted by atomic mass is 32.2. The Hall–Kier alpha value is -2.64. The number of benzene rings is 2. The van der Waals surface area contributed by atoms with Crippen LogP contribution in [0.5, 0.6) is 5.75 Å². The second-order valence-corrected chi connectivity index (χ2v) is 8.10. The number of sulfonamides is 1. The summed E-state index contributed by atoms with van der Waals surface area (Å²) < 4.78 is 38.8. The van der Waals surface area contributed by atoms with E-state index in [0.29, 0.717) is 17.9 Å². The first-order valence-electron chi connectivity index (χ1n) is 8.57. The van der Waals surface area contributed by atoms with Gasteiger partial charge in [-0.15, -0.1) is 0 Å². The van der Waals surface area contributed by atoms with Gasteiger partial charge in [-0.25, -0.2) is 13.1 Å². The van der Waals surface area contributed by atoms with Crippen molar-refractivity contribution in [3.63, 3.8) is 0 Å². The van der Waals surface area contributed by atoms with Gasteiger partial charge in [-0.3, -0.25) is 0 Å². The number of nitrogens with zero attached hydrogens (tertiary/aromatic N) is 1. The van der Waals surface area contributed by atoms with E-state index in [0.717, 1.165) is 11.3 Å². The van der Waals surface area contributed by atoms with Gasteiger partial charge in [0.15, 0.2) is 5.76 Å². The molecule has 142 valence electrons. The molecule has 1 aromatic heterocycles. The molecule has 7 heteroatoms. The third-order valence-corrected chi connectivity index (χ3v) is 5.78. The Morgan fingerprint density at radius 3 is 2.52 bits per heavy atom. The standard InChI is InChI=1S/C20H22N2O4S/c1-14(16-7-5-4-6-8-16)13-21-27(23,24)20-10-9-17(12-19(20)25-3)18-11-15(2)22-26-18/h4-12,14,21H,13H2,1-3H3/t14-/m0/s1. The zero-order valence-corrected chi connectivity index (χ0v) is 16.3. The number of aromatic nitrogens is 1. The molecule has 6 nitrogen and oxygen atoms in total. The second-order valence-electron chi connectivity index (χ2n) is 6.36. The lowest BCUT2D eigenvalue weighted by Crippen LogP contribution is -2.28. The third-order valence-electron chi connectivity index (χ3n) is 4.31. The first kappa shape index (κ1) is 19.1. The van der Waals surface area contributed by atoms with Gasteiger partial charge in [0.2, 0.25) is 10.0 Å². The molecule has 27 heavy (non-hydrogen) atoms. The molecule has 0 aliphatic heterocycles. The van der Waals surface area contributed by atoms with Crippen LogP contribution in [-0.2, 0) is 10.0 Å². The zero-order valence-electron chi connectivity index (χ0n) is 15.5. The molecule has 3 rings (SSSR count). The SMILES string of the molecule is COc1cc(-c2cc(C)no2)ccc1S(=O)(=O)NC[C@H](C)c1ccccc1. The van der Waals surface area contributed by atoms with Crippen molar-refractivity contribution >= 4 is 10.0 Å². The Morgan fingerprint density at radius 2 is 1.89 bits per heavy atom. The molecule has 0 aliphatic carbocycles. The summed E-state index contributed by atoms with van der Waals surface area (Å²) in [6, 6.07) is 16.4. The number of methoxy groups -OCH3 is 1. The Morgan fingerprint density at radius 1 is 1.15 bits per heavy atom. The molecular formula is C20H22N2O4S. The number of rotatable bonds is 7. The van der Waals surface area contributed by atoms with E-state index in [9.17, 15) is 8.42 Å². The van der Waals surface area contributed by atoms with Crippen molar-refractivity contribution in [2.24, 2.45) is 0 Å². The summed E-state index contributed by atoms with van der Waals surface area (Å²) in [5.41, 5.74) is 2.52. The molecular weight excluding hydrogens is 364 g/mol. The predicted molar refractivity (Wildman–Crippen MR) is 103 cm³/mol. The van der Waals surface area contributed by atoms with Crippen molar-refractivity contribution in [1.29, 1.82) is 0 Å². The van der Waals surface area contributed by atoms with E-state index in [1.165, 1.54) is 13.2 Å². The molecule has 0 aliphatic rings. The molecule has 3 aromatic rings. The van der Waals surface area contributed by atoms with E-state index in [1.54, 1.807) is 18.2 Å². The van der Waals surface area contributed by atoms with Crippen molar-refractivity contribution in [2.75, 3.05) is 13.7 Å². The predicted octanol–water partition coefficient (Wildman–Crippen LogP) is 3.74. The first-order chi connectivity index (χ1) is 12.9. The summed E-state index contributed by atoms with van der Waals surface area (Å²) in [6.45, 7) is 4.09. The molecule has 0 bridgehead atoms. The molecule has 0 saturated carbocycles. The average molecular weight is 386 g/mol. The van der Waals surface area contributed by atoms with Gasteiger partial charge < -0.3 is 9.26 Å². The minimum Gasteiger partial charge on any atom is -0.495 e. The second kappa shape index (κ2) is 7.94. The molecule has 1 N–H and O–H groups in total. The largest absolute Gasteiger partial charge is 0.495 e. The summed E-state index contributed by atoms with van der Waals surface area (Å²) in [4.78, 5) is 0.0882. The molecule has 2 aromatic carbocycles. The van der Waals surface area contributed by atoms with Gasteiger partial charge in [-0.1, -0.05) is 42.4 Å². The Labute approximate surface area is 159 Å². The minimum atomic E-state index is -3.72. The van der Waals surface area contributed by atoms with Crippen molar-refractivity contribution in [3.05, 3.63) is 65.9 Å². The van der Waals surface area contributed by atoms with Crippen LogP contribution in [0.15, 0.2) is 64.0 Å². The van der Waals surface area contributed by atoms with Gasteiger partial charge in [0, 0.05) is 18.2 Å². The molecule has 0 saturated heterocycles. The number of nitrogens with one attached hydrogen (secondary N) is 1. The van der Waals surface area contributed by atoms with E-state index >= 15 is 0 Å². The van der Waals surface area contributed by atoms with Crippen LogP contribution in [0.2, 0.25) is 0 Å². The lowest BCUT2D eigenvalue weighted by Gasteiger charge is -2.15. The Bertz CT molecular complexity index is 1010. The lowest BCUT2D eigenvalue weighted by molar-refractivity contribution is 0.401. The Balaban J connectivity index is 1.81. The third kappa shape index (κ3) is 4.37. The minimum absolute atomic E-state index is 0.0448. The summed E-state index contributed by atoms with van der Waals surface area (Å²) in [7, 11) is -2.28. The fourth-order valence-corrected chi connectivity index (χ4v) is 4.03. The van der Waals surface area contributed by atoms with Crippen LogP contribution >= 0.6 is 0 Å². The summed E-state index contributed by atoms with van der Waals surface area (Å²) in [6.07, 6.45) is 0. The smallest absolute Gasteiger partial charge is 0.244 e. The maximum Gasteiger partial charge on any atom is 0.244 e. The summed E-state index contributed by atoms with van der Waals surface area (Å²) in [5, 5.41) is 3.85. The van der Waals surface area contributed by atoms with Crippen LogP contribution in [0.25, 0.3) is 11.3 Å². The normalized spacial score (nSPS) is 12.7. The molecule has 0 radical (unpaired) electrons. The van der Waals surface area contributed by atoms with Crippen molar-refractivity contribution in [3.8, 4) is 17.1 Å². The van der Waals surface area contributed by atoms with Crippen LogP contribution in [0.1, 0.15) is 24.1 Å². The van der Waals surface area contributed by atoms with Crippen molar-refractivity contribution < 1.29 is 17.7 Å². The van der Waals surface area contributed by atoms with Gasteiger partial charge in [-0.05, 0) is 36.6 Å². The highest BCUT2D eigenvalue weighted by molar-refractivity contribution is 7.89. The summed E-state index contributed by atoms with van der Waals surface area (Å²) >= 11 is 0. The quantitative estimate of drug-likeness (QED) is 0.669. The number of aryl methyl sites for hydroxylation is 1. The van der Waals surface area contributed by atoms with E-state index in [1.807, 2.05) is 44.2 Å². The van der Waals surface area contributed by atoms with Crippen molar-refractivity contribution in [2.45, 2.75) is 24.7 Å². The van der Waals surface area contributed by atoms with Gasteiger partial charge in [0.05, 0.1) is 12.8 Å². The van der Waals surface area contributed by atoms with Crippen LogP contribution < -0.4 is 9.46 Å². The van der Waals surface area contributed by atoms with Crippen LogP contribution in [0.4, 0.5) is 0 Å². The molecule has 0 fully saturated rings. The van der Waals surface area contributed by atoms with Gasteiger partial charge >= 0.3 is 0 Å². The van der Waals surface area contributed by atoms with Gasteiger partial charge in [0.1, 0.15) is 10.6 Å². The number of hydrogen-bond acceptors (Lipinski definition) is 5. The molecule has 0 spiro atoms. The zero-order chi connectivity index (χ0) is 19.4. The molecule has 1 atom stereocenters. The van der Waals surface area contributed by atoms with Crippen LogP contribution in [0, 0.1) is 6.92 Å². The first-order valence-corrected chi connectivity index (χ1v) is 10.1.